The van der Waals surface area contributed by atoms with Gasteiger partial charge in [0.2, 0.25) is 0 Å². The average Bonchev–Trinajstić information content (AvgIpc) is 2.46. The summed E-state index contributed by atoms with van der Waals surface area (Å²) in [5.74, 6) is 2.35. The van der Waals surface area contributed by atoms with Gasteiger partial charge in [-0.15, -0.1) is 0 Å². The Morgan fingerprint density at radius 2 is 2.00 bits per heavy atom. The molecule has 0 aliphatic carbocycles. The molecule has 1 aliphatic heterocycles. The molecule has 2 aromatic carbocycles. The van der Waals surface area contributed by atoms with Crippen molar-refractivity contribution in [3.05, 3.63) is 48.0 Å². The van der Waals surface area contributed by atoms with E-state index in [1.807, 2.05) is 11.8 Å². The van der Waals surface area contributed by atoms with Gasteiger partial charge in [-0.2, -0.15) is 11.8 Å². The largest absolute Gasteiger partial charge is 0.323 e. The highest BCUT2D eigenvalue weighted by Gasteiger charge is 2.26. The number of likely N-dealkylation sites (N-methyl/N-ethyl adjacent to an activating group) is 1. The number of nitrogens with zero attached hydrogens (tertiary/aromatic N) is 1. The van der Waals surface area contributed by atoms with Crippen molar-refractivity contribution < 1.29 is 0 Å². The molecule has 1 saturated heterocycles. The lowest BCUT2D eigenvalue weighted by Crippen LogP contribution is -2.46. The molecule has 3 heteroatoms. The van der Waals surface area contributed by atoms with Gasteiger partial charge in [0.05, 0.1) is 0 Å². The van der Waals surface area contributed by atoms with Crippen LogP contribution in [0.3, 0.4) is 0 Å². The second kappa shape index (κ2) is 5.53. The molecule has 100 valence electrons. The molecule has 0 saturated carbocycles. The monoisotopic (exact) mass is 272 g/mol. The number of hydrogen-bond acceptors (Lipinski definition) is 3. The third kappa shape index (κ3) is 2.64. The van der Waals surface area contributed by atoms with Crippen LogP contribution in [-0.4, -0.2) is 36.0 Å². The van der Waals surface area contributed by atoms with E-state index in [0.717, 1.165) is 12.3 Å². The minimum Gasteiger partial charge on any atom is -0.323 e. The summed E-state index contributed by atoms with van der Waals surface area (Å²) >= 11 is 2.01. The number of thioether (sulfide) groups is 1. The maximum absolute atomic E-state index is 6.50. The maximum Gasteiger partial charge on any atom is 0.0461 e. The van der Waals surface area contributed by atoms with Gasteiger partial charge in [-0.1, -0.05) is 36.4 Å². The predicted molar refractivity (Wildman–Crippen MR) is 84.6 cm³/mol. The molecule has 19 heavy (non-hydrogen) atoms. The van der Waals surface area contributed by atoms with Gasteiger partial charge >= 0.3 is 0 Å². The van der Waals surface area contributed by atoms with Gasteiger partial charge in [0.1, 0.15) is 0 Å². The molecule has 0 aromatic heterocycles. The summed E-state index contributed by atoms with van der Waals surface area (Å²) in [4.78, 5) is 2.40. The third-order valence-corrected chi connectivity index (χ3v) is 5.06. The zero-order valence-electron chi connectivity index (χ0n) is 11.3. The highest BCUT2D eigenvalue weighted by Crippen LogP contribution is 2.27. The van der Waals surface area contributed by atoms with E-state index in [0.29, 0.717) is 6.04 Å². The van der Waals surface area contributed by atoms with E-state index in [1.165, 1.54) is 22.1 Å². The first-order chi connectivity index (χ1) is 9.25. The lowest BCUT2D eigenvalue weighted by atomic mass is 9.97. The van der Waals surface area contributed by atoms with Gasteiger partial charge in [-0.3, -0.25) is 4.90 Å². The number of nitrogens with two attached hydrogens (primary N) is 1. The van der Waals surface area contributed by atoms with Crippen LogP contribution in [0.4, 0.5) is 0 Å². The zero-order valence-corrected chi connectivity index (χ0v) is 12.1. The van der Waals surface area contributed by atoms with Crippen LogP contribution in [0.2, 0.25) is 0 Å². The summed E-state index contributed by atoms with van der Waals surface area (Å²) in [6.45, 7) is 1.14. The van der Waals surface area contributed by atoms with Crippen LogP contribution in [0.1, 0.15) is 11.6 Å². The van der Waals surface area contributed by atoms with E-state index in [2.05, 4.69) is 54.4 Å². The fourth-order valence-electron chi connectivity index (χ4n) is 2.72. The Bertz CT molecular complexity index is 569. The first kappa shape index (κ1) is 13.0. The molecule has 1 fully saturated rings. The molecule has 2 atom stereocenters. The van der Waals surface area contributed by atoms with E-state index < -0.39 is 0 Å². The van der Waals surface area contributed by atoms with Crippen LogP contribution in [0.25, 0.3) is 10.8 Å². The van der Waals surface area contributed by atoms with Crippen LogP contribution < -0.4 is 5.73 Å². The Kier molecular flexibility index (Phi) is 3.78. The van der Waals surface area contributed by atoms with Crippen molar-refractivity contribution in [1.29, 1.82) is 0 Å². The van der Waals surface area contributed by atoms with E-state index in [9.17, 15) is 0 Å². The van der Waals surface area contributed by atoms with Crippen LogP contribution in [0.15, 0.2) is 42.5 Å². The lowest BCUT2D eigenvalue weighted by Gasteiger charge is -2.36. The van der Waals surface area contributed by atoms with Crippen LogP contribution in [0, 0.1) is 0 Å². The summed E-state index contributed by atoms with van der Waals surface area (Å²) in [6, 6.07) is 15.6. The summed E-state index contributed by atoms with van der Waals surface area (Å²) in [7, 11) is 2.19. The van der Waals surface area contributed by atoms with Gasteiger partial charge < -0.3 is 5.73 Å². The minimum absolute atomic E-state index is 0.0995. The van der Waals surface area contributed by atoms with Gasteiger partial charge in [-0.25, -0.2) is 0 Å². The number of fused-ring (bicyclic) bond motifs is 1. The molecule has 0 amide bonds. The summed E-state index contributed by atoms with van der Waals surface area (Å²) in [5, 5.41) is 2.56. The van der Waals surface area contributed by atoms with Gasteiger partial charge in [0.15, 0.2) is 0 Å². The molecule has 0 spiro atoms. The molecule has 3 rings (SSSR count). The molecular formula is C16H20N2S. The molecule has 2 N–H and O–H groups in total. The third-order valence-electron chi connectivity index (χ3n) is 4.02. The van der Waals surface area contributed by atoms with E-state index >= 15 is 0 Å². The van der Waals surface area contributed by atoms with Crippen LogP contribution in [-0.2, 0) is 0 Å². The minimum atomic E-state index is 0.0995. The molecular weight excluding hydrogens is 252 g/mol. The van der Waals surface area contributed by atoms with Crippen molar-refractivity contribution in [2.75, 3.05) is 25.1 Å². The van der Waals surface area contributed by atoms with Crippen molar-refractivity contribution in [3.63, 3.8) is 0 Å². The molecule has 2 unspecified atom stereocenters. The Balaban J connectivity index is 1.90. The maximum atomic E-state index is 6.50. The van der Waals surface area contributed by atoms with Gasteiger partial charge in [0.25, 0.3) is 0 Å². The second-order valence-corrected chi connectivity index (χ2v) is 6.41. The molecule has 1 heterocycles. The van der Waals surface area contributed by atoms with Crippen molar-refractivity contribution in [1.82, 2.24) is 4.90 Å². The highest BCUT2D eigenvalue weighted by molar-refractivity contribution is 7.99. The van der Waals surface area contributed by atoms with E-state index in [1.54, 1.807) is 0 Å². The molecule has 1 aliphatic rings. The molecule has 0 radical (unpaired) electrons. The van der Waals surface area contributed by atoms with Crippen molar-refractivity contribution in [3.8, 4) is 0 Å². The Labute approximate surface area is 119 Å². The lowest BCUT2D eigenvalue weighted by molar-refractivity contribution is 0.237. The van der Waals surface area contributed by atoms with E-state index in [4.69, 9.17) is 5.73 Å². The number of benzene rings is 2. The Hall–Kier alpha value is -1.03. The fourth-order valence-corrected chi connectivity index (χ4v) is 4.01. The van der Waals surface area contributed by atoms with Gasteiger partial charge in [0, 0.05) is 30.1 Å². The number of hydrogen-bond donors (Lipinski definition) is 1. The first-order valence-electron chi connectivity index (χ1n) is 6.78. The van der Waals surface area contributed by atoms with Crippen LogP contribution in [0.5, 0.6) is 0 Å². The van der Waals surface area contributed by atoms with Crippen molar-refractivity contribution >= 4 is 22.5 Å². The van der Waals surface area contributed by atoms with Crippen molar-refractivity contribution in [2.24, 2.45) is 5.73 Å². The first-order valence-corrected chi connectivity index (χ1v) is 7.93. The smallest absolute Gasteiger partial charge is 0.0461 e. The summed E-state index contributed by atoms with van der Waals surface area (Å²) in [6.07, 6.45) is 0. The summed E-state index contributed by atoms with van der Waals surface area (Å²) in [5.41, 5.74) is 7.74. The zero-order chi connectivity index (χ0) is 13.2. The van der Waals surface area contributed by atoms with Crippen molar-refractivity contribution in [2.45, 2.75) is 12.1 Å². The topological polar surface area (TPSA) is 29.3 Å². The normalized spacial score (nSPS) is 22.5. The van der Waals surface area contributed by atoms with Crippen LogP contribution >= 0.6 is 11.8 Å². The number of rotatable bonds is 2. The Morgan fingerprint density at radius 3 is 2.79 bits per heavy atom. The SMILES string of the molecule is CN1CCSCC1C(N)c1ccc2ccccc2c1. The average molecular weight is 272 g/mol. The standard InChI is InChI=1S/C16H20N2S/c1-18-8-9-19-11-15(18)16(17)14-7-6-12-4-2-3-5-13(12)10-14/h2-7,10,15-16H,8-9,11,17H2,1H3. The predicted octanol–water partition coefficient (Wildman–Crippen LogP) is 2.89. The second-order valence-electron chi connectivity index (χ2n) is 5.26. The molecule has 2 aromatic rings. The Morgan fingerprint density at radius 1 is 1.21 bits per heavy atom. The molecule has 2 nitrogen and oxygen atoms in total. The summed E-state index contributed by atoms with van der Waals surface area (Å²) < 4.78 is 0. The fraction of sp³-hybridized carbons (Fsp3) is 0.375. The highest BCUT2D eigenvalue weighted by atomic mass is 32.2. The quantitative estimate of drug-likeness (QED) is 0.911. The van der Waals surface area contributed by atoms with Gasteiger partial charge in [-0.05, 0) is 29.4 Å². The van der Waals surface area contributed by atoms with E-state index in [-0.39, 0.29) is 6.04 Å². The molecule has 0 bridgehead atoms.